The van der Waals surface area contributed by atoms with Crippen LogP contribution in [0.4, 0.5) is 5.69 Å². The molecule has 1 amide bonds. The second kappa shape index (κ2) is 11.5. The van der Waals surface area contributed by atoms with Crippen molar-refractivity contribution in [1.29, 1.82) is 5.26 Å². The topological polar surface area (TPSA) is 75.0 Å². The normalized spacial score (nSPS) is 11.5. The van der Waals surface area contributed by atoms with Gasteiger partial charge in [-0.25, -0.2) is 4.98 Å². The van der Waals surface area contributed by atoms with E-state index in [0.717, 1.165) is 33.6 Å². The molecule has 4 aromatic rings. The number of carbonyl (C=O) groups excluding carboxylic acids is 1. The Hall–Kier alpha value is -3.79. The Labute approximate surface area is 226 Å². The van der Waals surface area contributed by atoms with Gasteiger partial charge in [0.2, 0.25) is 5.91 Å². The van der Waals surface area contributed by atoms with Crippen LogP contribution in [-0.2, 0) is 4.79 Å². The summed E-state index contributed by atoms with van der Waals surface area (Å²) >= 11 is 7.47. The Kier molecular flexibility index (Phi) is 8.17. The molecule has 0 aliphatic heterocycles. The number of pyridine rings is 1. The van der Waals surface area contributed by atoms with Crippen LogP contribution in [-0.4, -0.2) is 23.3 Å². The van der Waals surface area contributed by atoms with Crippen molar-refractivity contribution in [1.82, 2.24) is 4.98 Å². The van der Waals surface area contributed by atoms with E-state index in [-0.39, 0.29) is 5.91 Å². The molecule has 0 radical (unpaired) electrons. The monoisotopic (exact) mass is 527 g/mol. The number of amides is 1. The number of methoxy groups -OCH3 is 1. The molecule has 1 heterocycles. The van der Waals surface area contributed by atoms with Crippen LogP contribution >= 0.6 is 23.4 Å². The molecule has 0 saturated heterocycles. The summed E-state index contributed by atoms with van der Waals surface area (Å²) in [6.07, 6.45) is 0. The van der Waals surface area contributed by atoms with Gasteiger partial charge >= 0.3 is 0 Å². The van der Waals surface area contributed by atoms with Crippen LogP contribution in [0.5, 0.6) is 5.75 Å². The molecular weight excluding hydrogens is 502 g/mol. The van der Waals surface area contributed by atoms with E-state index in [0.29, 0.717) is 27.0 Å². The lowest BCUT2D eigenvalue weighted by Crippen LogP contribution is -2.22. The number of halogens is 1. The van der Waals surface area contributed by atoms with Crippen molar-refractivity contribution in [3.63, 3.8) is 0 Å². The molecule has 0 saturated carbocycles. The highest BCUT2D eigenvalue weighted by Crippen LogP contribution is 2.36. The summed E-state index contributed by atoms with van der Waals surface area (Å²) < 4.78 is 5.29. The highest BCUT2D eigenvalue weighted by atomic mass is 35.5. The van der Waals surface area contributed by atoms with E-state index in [1.807, 2.05) is 80.6 Å². The first kappa shape index (κ1) is 26.3. The van der Waals surface area contributed by atoms with Crippen molar-refractivity contribution >= 4 is 35.0 Å². The van der Waals surface area contributed by atoms with Crippen molar-refractivity contribution < 1.29 is 9.53 Å². The Balaban J connectivity index is 1.72. The van der Waals surface area contributed by atoms with E-state index >= 15 is 0 Å². The van der Waals surface area contributed by atoms with Crippen LogP contribution in [0.3, 0.4) is 0 Å². The van der Waals surface area contributed by atoms with Crippen molar-refractivity contribution in [3.8, 4) is 34.2 Å². The van der Waals surface area contributed by atoms with Crippen LogP contribution in [0.2, 0.25) is 5.02 Å². The van der Waals surface area contributed by atoms with E-state index in [9.17, 15) is 10.1 Å². The number of carbonyl (C=O) groups is 1. The zero-order chi connectivity index (χ0) is 26.5. The number of rotatable bonds is 7. The third-order valence-corrected chi connectivity index (χ3v) is 7.44. The summed E-state index contributed by atoms with van der Waals surface area (Å²) in [6, 6.07) is 25.3. The summed E-state index contributed by atoms with van der Waals surface area (Å²) in [5, 5.41) is 13.6. The molecule has 0 aliphatic rings. The number of hydrogen-bond donors (Lipinski definition) is 1. The van der Waals surface area contributed by atoms with Crippen LogP contribution < -0.4 is 10.1 Å². The SMILES string of the molecule is COc1ccc(-c2cc(-c3ccc(C)cc3)c(C#N)c(SC(C)C(=O)Nc3ccc(C)c(Cl)c3)n2)cc1. The van der Waals surface area contributed by atoms with E-state index in [1.54, 1.807) is 20.1 Å². The first-order chi connectivity index (χ1) is 17.8. The maximum atomic E-state index is 13.0. The maximum absolute atomic E-state index is 13.0. The van der Waals surface area contributed by atoms with Gasteiger partial charge in [0.25, 0.3) is 0 Å². The van der Waals surface area contributed by atoms with E-state index in [1.165, 1.54) is 11.8 Å². The molecule has 0 bridgehead atoms. The van der Waals surface area contributed by atoms with Crippen molar-refractivity contribution in [2.24, 2.45) is 0 Å². The van der Waals surface area contributed by atoms with Crippen molar-refractivity contribution in [2.75, 3.05) is 12.4 Å². The molecular formula is C30H26ClN3O2S. The highest BCUT2D eigenvalue weighted by molar-refractivity contribution is 8.00. The minimum atomic E-state index is -0.517. The average Bonchev–Trinajstić information content (AvgIpc) is 2.90. The van der Waals surface area contributed by atoms with Crippen LogP contribution in [0, 0.1) is 25.2 Å². The first-order valence-corrected chi connectivity index (χ1v) is 12.9. The fraction of sp³-hybridized carbons (Fsp3) is 0.167. The van der Waals surface area contributed by atoms with Gasteiger partial charge in [0.15, 0.2) is 0 Å². The van der Waals surface area contributed by atoms with Gasteiger partial charge in [-0.3, -0.25) is 4.79 Å². The molecule has 3 aromatic carbocycles. The number of ether oxygens (including phenoxy) is 1. The second-order valence-corrected chi connectivity index (χ2v) is 10.4. The summed E-state index contributed by atoms with van der Waals surface area (Å²) in [5.74, 6) is 0.537. The molecule has 1 atom stereocenters. The molecule has 1 aromatic heterocycles. The molecule has 0 spiro atoms. The van der Waals surface area contributed by atoms with Crippen molar-refractivity contribution in [3.05, 3.63) is 94.5 Å². The number of thioether (sulfide) groups is 1. The minimum absolute atomic E-state index is 0.206. The molecule has 7 heteroatoms. The third kappa shape index (κ3) is 6.14. The Morgan fingerprint density at radius 2 is 1.70 bits per heavy atom. The lowest BCUT2D eigenvalue weighted by Gasteiger charge is -2.16. The van der Waals surface area contributed by atoms with E-state index in [2.05, 4.69) is 11.4 Å². The van der Waals surface area contributed by atoms with Crippen LogP contribution in [0.25, 0.3) is 22.4 Å². The number of nitrogens with one attached hydrogen (secondary N) is 1. The zero-order valence-electron chi connectivity index (χ0n) is 21.0. The fourth-order valence-electron chi connectivity index (χ4n) is 3.72. The van der Waals surface area contributed by atoms with Crippen LogP contribution in [0.15, 0.2) is 77.8 Å². The van der Waals surface area contributed by atoms with E-state index in [4.69, 9.17) is 21.3 Å². The molecule has 186 valence electrons. The highest BCUT2D eigenvalue weighted by Gasteiger charge is 2.22. The number of aromatic nitrogens is 1. The Morgan fingerprint density at radius 1 is 1.03 bits per heavy atom. The number of aryl methyl sites for hydroxylation is 2. The van der Waals surface area contributed by atoms with E-state index < -0.39 is 5.25 Å². The van der Waals surface area contributed by atoms with Gasteiger partial charge in [-0.15, -0.1) is 0 Å². The summed E-state index contributed by atoms with van der Waals surface area (Å²) in [6.45, 7) is 5.72. The number of hydrogen-bond acceptors (Lipinski definition) is 5. The number of benzene rings is 3. The molecule has 0 fully saturated rings. The van der Waals surface area contributed by atoms with Crippen molar-refractivity contribution in [2.45, 2.75) is 31.0 Å². The minimum Gasteiger partial charge on any atom is -0.497 e. The number of nitrogens with zero attached hydrogens (tertiary/aromatic N) is 2. The van der Waals surface area contributed by atoms with Gasteiger partial charge in [0.05, 0.1) is 23.6 Å². The molecule has 4 rings (SSSR count). The summed E-state index contributed by atoms with van der Waals surface area (Å²) in [4.78, 5) is 17.9. The first-order valence-electron chi connectivity index (χ1n) is 11.7. The van der Waals surface area contributed by atoms with Gasteiger partial charge in [-0.2, -0.15) is 5.26 Å². The lowest BCUT2D eigenvalue weighted by atomic mass is 9.98. The quantitative estimate of drug-likeness (QED) is 0.249. The molecule has 1 N–H and O–H groups in total. The van der Waals surface area contributed by atoms with Gasteiger partial charge in [-0.1, -0.05) is 59.3 Å². The summed E-state index contributed by atoms with van der Waals surface area (Å²) in [5.41, 5.74) is 6.38. The molecule has 0 aliphatic carbocycles. The molecule has 1 unspecified atom stereocenters. The standard InChI is InChI=1S/C30H26ClN3O2S/c1-18-5-8-21(9-6-18)25-16-28(22-10-13-24(36-4)14-11-22)34-30(26(25)17-32)37-20(3)29(35)33-23-12-7-19(2)27(31)15-23/h5-16,20H,1-4H3,(H,33,35). The fourth-order valence-corrected chi connectivity index (χ4v) is 4.83. The average molecular weight is 528 g/mol. The number of anilines is 1. The van der Waals surface area contributed by atoms with Gasteiger partial charge in [0, 0.05) is 21.8 Å². The maximum Gasteiger partial charge on any atom is 0.237 e. The molecule has 5 nitrogen and oxygen atoms in total. The smallest absolute Gasteiger partial charge is 0.237 e. The second-order valence-electron chi connectivity index (χ2n) is 8.65. The Bertz CT molecular complexity index is 1480. The third-order valence-electron chi connectivity index (χ3n) is 5.94. The van der Waals surface area contributed by atoms with Gasteiger partial charge in [-0.05, 0) is 74.4 Å². The van der Waals surface area contributed by atoms with Gasteiger partial charge < -0.3 is 10.1 Å². The lowest BCUT2D eigenvalue weighted by molar-refractivity contribution is -0.115. The largest absolute Gasteiger partial charge is 0.497 e. The van der Waals surface area contributed by atoms with Gasteiger partial charge in [0.1, 0.15) is 16.8 Å². The predicted octanol–water partition coefficient (Wildman–Crippen LogP) is 7.69. The summed E-state index contributed by atoms with van der Waals surface area (Å²) in [7, 11) is 1.62. The molecule has 37 heavy (non-hydrogen) atoms. The Morgan fingerprint density at radius 3 is 2.32 bits per heavy atom. The number of nitriles is 1. The predicted molar refractivity (Wildman–Crippen MR) is 151 cm³/mol. The zero-order valence-corrected chi connectivity index (χ0v) is 22.6. The van der Waals surface area contributed by atoms with Crippen LogP contribution in [0.1, 0.15) is 23.6 Å².